The number of hydroxylamine groups is 2. The molecule has 10 heteroatoms. The number of carbonyl (C=O) groups is 4. The fourth-order valence-electron chi connectivity index (χ4n) is 3.43. The van der Waals surface area contributed by atoms with Crippen LogP contribution in [0, 0.1) is 11.8 Å². The second-order valence-electron chi connectivity index (χ2n) is 9.50. The first-order valence-corrected chi connectivity index (χ1v) is 11.5. The molecule has 10 nitrogen and oxygen atoms in total. The van der Waals surface area contributed by atoms with Gasteiger partial charge in [-0.15, -0.1) is 0 Å². The molecular weight excluding hydrogens is 428 g/mol. The molecular formula is C23H40N4O6. The molecule has 33 heavy (non-hydrogen) atoms. The third kappa shape index (κ3) is 10.3. The predicted octanol–water partition coefficient (Wildman–Crippen LogP) is 1.57. The van der Waals surface area contributed by atoms with Gasteiger partial charge < -0.3 is 9.80 Å². The second-order valence-corrected chi connectivity index (χ2v) is 9.50. The van der Waals surface area contributed by atoms with Crippen LogP contribution in [0.25, 0.3) is 0 Å². The van der Waals surface area contributed by atoms with Crippen molar-refractivity contribution in [1.29, 1.82) is 0 Å². The monoisotopic (exact) mass is 468 g/mol. The summed E-state index contributed by atoms with van der Waals surface area (Å²) >= 11 is 0. The summed E-state index contributed by atoms with van der Waals surface area (Å²) in [6.07, 6.45) is 2.15. The molecule has 1 rings (SSSR count). The molecule has 0 aromatic carbocycles. The lowest BCUT2D eigenvalue weighted by Gasteiger charge is -2.28. The molecule has 0 spiro atoms. The average molecular weight is 469 g/mol. The summed E-state index contributed by atoms with van der Waals surface area (Å²) in [7, 11) is 0. The Morgan fingerprint density at radius 1 is 1.12 bits per heavy atom. The largest absolute Gasteiger partial charge is 0.338 e. The quantitative estimate of drug-likeness (QED) is 0.313. The molecule has 4 amide bonds. The summed E-state index contributed by atoms with van der Waals surface area (Å²) in [6.45, 7) is 14.9. The smallest absolute Gasteiger partial charge is 0.267 e. The molecule has 1 fully saturated rings. The minimum atomic E-state index is -0.706. The SMILES string of the molecule is CC(C)CN(C(=O)CONC(=O)/C=C/CC(=O)NO[C@@H]1CC(C)N(CC(C)C)C1=O)C(C)C. The van der Waals surface area contributed by atoms with Crippen molar-refractivity contribution in [1.82, 2.24) is 20.8 Å². The van der Waals surface area contributed by atoms with E-state index in [1.54, 1.807) is 9.80 Å². The van der Waals surface area contributed by atoms with Gasteiger partial charge in [0.2, 0.25) is 5.91 Å². The van der Waals surface area contributed by atoms with E-state index in [-0.39, 0.29) is 36.9 Å². The maximum absolute atomic E-state index is 12.4. The van der Waals surface area contributed by atoms with E-state index < -0.39 is 17.9 Å². The summed E-state index contributed by atoms with van der Waals surface area (Å²) in [6, 6.07) is 0.0797. The Morgan fingerprint density at radius 2 is 1.79 bits per heavy atom. The number of nitrogens with zero attached hydrogens (tertiary/aromatic N) is 2. The van der Waals surface area contributed by atoms with Crippen molar-refractivity contribution >= 4 is 23.6 Å². The Kier molecular flexibility index (Phi) is 12.1. The summed E-state index contributed by atoms with van der Waals surface area (Å²) in [5, 5.41) is 0. The van der Waals surface area contributed by atoms with Crippen LogP contribution in [0.1, 0.15) is 61.3 Å². The molecule has 1 heterocycles. The number of hydrogen-bond acceptors (Lipinski definition) is 6. The molecule has 1 saturated heterocycles. The third-order valence-corrected chi connectivity index (χ3v) is 4.97. The summed E-state index contributed by atoms with van der Waals surface area (Å²) in [5.41, 5.74) is 4.42. The highest BCUT2D eigenvalue weighted by atomic mass is 16.7. The van der Waals surface area contributed by atoms with E-state index >= 15 is 0 Å². The van der Waals surface area contributed by atoms with Crippen LogP contribution in [0.5, 0.6) is 0 Å². The molecule has 0 aromatic heterocycles. The van der Waals surface area contributed by atoms with Gasteiger partial charge in [-0.05, 0) is 32.6 Å². The van der Waals surface area contributed by atoms with Gasteiger partial charge in [0.05, 0.1) is 0 Å². The van der Waals surface area contributed by atoms with Crippen molar-refractivity contribution in [2.45, 2.75) is 79.5 Å². The van der Waals surface area contributed by atoms with Gasteiger partial charge >= 0.3 is 0 Å². The molecule has 0 bridgehead atoms. The molecule has 0 aliphatic carbocycles. The topological polar surface area (TPSA) is 117 Å². The lowest BCUT2D eigenvalue weighted by Crippen LogP contribution is -2.42. The van der Waals surface area contributed by atoms with Gasteiger partial charge in [0.15, 0.2) is 12.7 Å². The Bertz CT molecular complexity index is 707. The molecule has 2 atom stereocenters. The van der Waals surface area contributed by atoms with Crippen LogP contribution in [-0.2, 0) is 28.9 Å². The minimum absolute atomic E-state index is 0.0286. The number of hydrogen-bond donors (Lipinski definition) is 2. The van der Waals surface area contributed by atoms with Gasteiger partial charge in [-0.1, -0.05) is 33.8 Å². The predicted molar refractivity (Wildman–Crippen MR) is 123 cm³/mol. The van der Waals surface area contributed by atoms with E-state index in [0.717, 1.165) is 6.08 Å². The van der Waals surface area contributed by atoms with Crippen LogP contribution < -0.4 is 11.0 Å². The van der Waals surface area contributed by atoms with E-state index in [2.05, 4.69) is 11.0 Å². The van der Waals surface area contributed by atoms with Crippen molar-refractivity contribution in [3.63, 3.8) is 0 Å². The Hall–Kier alpha value is -2.46. The van der Waals surface area contributed by atoms with E-state index in [1.165, 1.54) is 6.08 Å². The molecule has 1 unspecified atom stereocenters. The van der Waals surface area contributed by atoms with Gasteiger partial charge in [0.1, 0.15) is 0 Å². The number of likely N-dealkylation sites (tertiary alicyclic amines) is 1. The van der Waals surface area contributed by atoms with Crippen molar-refractivity contribution < 1.29 is 28.9 Å². The van der Waals surface area contributed by atoms with Crippen LogP contribution in [0.15, 0.2) is 12.2 Å². The van der Waals surface area contributed by atoms with E-state index in [9.17, 15) is 19.2 Å². The second kappa shape index (κ2) is 13.9. The Balaban J connectivity index is 2.32. The van der Waals surface area contributed by atoms with Gasteiger partial charge in [-0.3, -0.25) is 28.9 Å². The maximum atomic E-state index is 12.4. The summed E-state index contributed by atoms with van der Waals surface area (Å²) in [4.78, 5) is 62.1. The average Bonchev–Trinajstić information content (AvgIpc) is 2.97. The Labute approximate surface area is 196 Å². The third-order valence-electron chi connectivity index (χ3n) is 4.97. The highest BCUT2D eigenvalue weighted by molar-refractivity contribution is 5.88. The van der Waals surface area contributed by atoms with Crippen molar-refractivity contribution in [3.05, 3.63) is 12.2 Å². The fraction of sp³-hybridized carbons (Fsp3) is 0.739. The highest BCUT2D eigenvalue weighted by Gasteiger charge is 2.38. The van der Waals surface area contributed by atoms with Crippen LogP contribution in [0.3, 0.4) is 0 Å². The fourth-order valence-corrected chi connectivity index (χ4v) is 3.43. The first kappa shape index (κ1) is 28.6. The maximum Gasteiger partial charge on any atom is 0.267 e. The van der Waals surface area contributed by atoms with E-state index in [1.807, 2.05) is 48.5 Å². The van der Waals surface area contributed by atoms with Gasteiger partial charge in [0.25, 0.3) is 17.7 Å². The lowest BCUT2D eigenvalue weighted by molar-refractivity contribution is -0.149. The zero-order chi connectivity index (χ0) is 25.1. The molecule has 1 aliphatic heterocycles. The van der Waals surface area contributed by atoms with Crippen LogP contribution in [0.2, 0.25) is 0 Å². The number of amides is 4. The van der Waals surface area contributed by atoms with Crippen LogP contribution in [-0.4, -0.2) is 71.3 Å². The van der Waals surface area contributed by atoms with Crippen molar-refractivity contribution in [2.24, 2.45) is 11.8 Å². The number of carbonyl (C=O) groups excluding carboxylic acids is 4. The molecule has 0 saturated carbocycles. The molecule has 2 N–H and O–H groups in total. The van der Waals surface area contributed by atoms with Gasteiger partial charge in [0, 0.05) is 44.1 Å². The standard InChI is InChI=1S/C23H40N4O6/c1-15(2)12-26(17(5)6)22(30)14-32-24-20(28)9-8-10-21(29)25-33-19-11-18(7)27(23(19)31)13-16(3)4/h8-9,15-19H,10-14H2,1-7H3,(H,24,28)(H,25,29)/b9-8+/t18?,19-/m1/s1. The van der Waals surface area contributed by atoms with Crippen molar-refractivity contribution in [3.8, 4) is 0 Å². The molecule has 1 aliphatic rings. The first-order valence-electron chi connectivity index (χ1n) is 11.5. The highest BCUT2D eigenvalue weighted by Crippen LogP contribution is 2.22. The lowest BCUT2D eigenvalue weighted by atomic mass is 10.2. The molecule has 0 radical (unpaired) electrons. The zero-order valence-electron chi connectivity index (χ0n) is 20.9. The number of rotatable bonds is 13. The first-order chi connectivity index (χ1) is 15.4. The minimum Gasteiger partial charge on any atom is -0.338 e. The molecule has 188 valence electrons. The number of nitrogens with one attached hydrogen (secondary N) is 2. The summed E-state index contributed by atoms with van der Waals surface area (Å²) < 4.78 is 0. The van der Waals surface area contributed by atoms with E-state index in [0.29, 0.717) is 31.3 Å². The molecule has 0 aromatic rings. The van der Waals surface area contributed by atoms with Crippen LogP contribution in [0.4, 0.5) is 0 Å². The van der Waals surface area contributed by atoms with Gasteiger partial charge in [-0.2, -0.15) is 0 Å². The normalized spacial score (nSPS) is 18.6. The van der Waals surface area contributed by atoms with Gasteiger partial charge in [-0.25, -0.2) is 11.0 Å². The van der Waals surface area contributed by atoms with Crippen molar-refractivity contribution in [2.75, 3.05) is 19.7 Å². The van der Waals surface area contributed by atoms with E-state index in [4.69, 9.17) is 9.68 Å². The summed E-state index contributed by atoms with van der Waals surface area (Å²) in [5.74, 6) is -0.778. The zero-order valence-corrected chi connectivity index (χ0v) is 20.9. The van der Waals surface area contributed by atoms with Crippen LogP contribution >= 0.6 is 0 Å². The Morgan fingerprint density at radius 3 is 2.36 bits per heavy atom.